The zero-order valence-electron chi connectivity index (χ0n) is 15.0. The van der Waals surface area contributed by atoms with E-state index in [0.717, 1.165) is 17.7 Å². The molecular formula is C19H21ClN2O5. The van der Waals surface area contributed by atoms with Gasteiger partial charge in [-0.25, -0.2) is 0 Å². The predicted molar refractivity (Wildman–Crippen MR) is 97.9 cm³/mol. The first-order valence-electron chi connectivity index (χ1n) is 8.94. The number of anilines is 1. The van der Waals surface area contributed by atoms with Crippen LogP contribution in [0.1, 0.15) is 31.2 Å². The molecule has 2 aliphatic rings. The van der Waals surface area contributed by atoms with Crippen molar-refractivity contribution in [3.8, 4) is 0 Å². The quantitative estimate of drug-likeness (QED) is 0.613. The number of amides is 3. The Morgan fingerprint density at radius 1 is 1.19 bits per heavy atom. The van der Waals surface area contributed by atoms with Gasteiger partial charge in [-0.15, -0.1) is 0 Å². The molecule has 1 heterocycles. The van der Waals surface area contributed by atoms with Crippen LogP contribution in [0.25, 0.3) is 0 Å². The molecule has 1 aliphatic heterocycles. The summed E-state index contributed by atoms with van der Waals surface area (Å²) in [4.78, 5) is 49.6. The zero-order chi connectivity index (χ0) is 19.6. The number of benzene rings is 1. The first kappa shape index (κ1) is 19.4. The Bertz CT molecular complexity index is 770. The number of likely N-dealkylation sites (tertiary alicyclic amines) is 1. The first-order chi connectivity index (χ1) is 12.9. The second-order valence-electron chi connectivity index (χ2n) is 6.88. The van der Waals surface area contributed by atoms with Gasteiger partial charge in [-0.2, -0.15) is 0 Å². The molecule has 1 N–H and O–H groups in total. The summed E-state index contributed by atoms with van der Waals surface area (Å²) in [6, 6.07) is 5.08. The van der Waals surface area contributed by atoms with Crippen molar-refractivity contribution in [3.63, 3.8) is 0 Å². The van der Waals surface area contributed by atoms with Crippen LogP contribution >= 0.6 is 11.6 Å². The van der Waals surface area contributed by atoms with Crippen LogP contribution < -0.4 is 5.32 Å². The van der Waals surface area contributed by atoms with Gasteiger partial charge in [0, 0.05) is 10.7 Å². The van der Waals surface area contributed by atoms with Crippen molar-refractivity contribution >= 4 is 41.0 Å². The SMILES string of the molecule is Cc1c(Cl)cccc1NC(=O)COC(=O)CN1C(=O)C2CCCCC2C1=O. The van der Waals surface area contributed by atoms with E-state index in [9.17, 15) is 19.2 Å². The minimum absolute atomic E-state index is 0.305. The lowest BCUT2D eigenvalue weighted by Gasteiger charge is -2.19. The molecule has 3 amide bonds. The number of imide groups is 1. The number of rotatable bonds is 5. The lowest BCUT2D eigenvalue weighted by molar-refractivity contribution is -0.154. The minimum atomic E-state index is -0.784. The maximum atomic E-state index is 12.3. The maximum Gasteiger partial charge on any atom is 0.326 e. The standard InChI is InChI=1S/C19H21ClN2O5/c1-11-14(20)7-4-8-15(11)21-16(23)10-27-17(24)9-22-18(25)12-5-2-3-6-13(12)19(22)26/h4,7-8,12-13H,2-3,5-6,9-10H2,1H3,(H,21,23). The average Bonchev–Trinajstić information content (AvgIpc) is 2.89. The highest BCUT2D eigenvalue weighted by Crippen LogP contribution is 2.37. The van der Waals surface area contributed by atoms with E-state index in [-0.39, 0.29) is 23.7 Å². The van der Waals surface area contributed by atoms with Crippen molar-refractivity contribution in [3.05, 3.63) is 28.8 Å². The molecule has 0 spiro atoms. The minimum Gasteiger partial charge on any atom is -0.454 e. The van der Waals surface area contributed by atoms with E-state index >= 15 is 0 Å². The third-order valence-corrected chi connectivity index (χ3v) is 5.54. The molecule has 0 radical (unpaired) electrons. The number of ether oxygens (including phenoxy) is 1. The normalized spacial score (nSPS) is 21.8. The van der Waals surface area contributed by atoms with E-state index in [1.807, 2.05) is 0 Å². The maximum absolute atomic E-state index is 12.3. The molecule has 0 bridgehead atoms. The molecule has 27 heavy (non-hydrogen) atoms. The van der Waals surface area contributed by atoms with Crippen molar-refractivity contribution in [2.24, 2.45) is 11.8 Å². The third kappa shape index (κ3) is 4.13. The van der Waals surface area contributed by atoms with Gasteiger partial charge in [0.25, 0.3) is 5.91 Å². The van der Waals surface area contributed by atoms with Crippen LogP contribution in [0.2, 0.25) is 5.02 Å². The van der Waals surface area contributed by atoms with Crippen molar-refractivity contribution in [2.45, 2.75) is 32.6 Å². The van der Waals surface area contributed by atoms with E-state index in [4.69, 9.17) is 16.3 Å². The van der Waals surface area contributed by atoms with Gasteiger partial charge in [0.15, 0.2) is 6.61 Å². The van der Waals surface area contributed by atoms with E-state index in [0.29, 0.717) is 29.1 Å². The number of nitrogens with one attached hydrogen (secondary N) is 1. The number of carbonyl (C=O) groups excluding carboxylic acids is 4. The zero-order valence-corrected chi connectivity index (χ0v) is 15.8. The van der Waals surface area contributed by atoms with Crippen molar-refractivity contribution in [1.29, 1.82) is 0 Å². The summed E-state index contributed by atoms with van der Waals surface area (Å²) in [5.74, 6) is -2.54. The van der Waals surface area contributed by atoms with Crippen molar-refractivity contribution in [2.75, 3.05) is 18.5 Å². The molecule has 3 rings (SSSR count). The van der Waals surface area contributed by atoms with Gasteiger partial charge in [-0.05, 0) is 37.5 Å². The Hall–Kier alpha value is -2.41. The van der Waals surface area contributed by atoms with Gasteiger partial charge in [0.2, 0.25) is 11.8 Å². The molecule has 1 saturated heterocycles. The highest BCUT2D eigenvalue weighted by molar-refractivity contribution is 6.31. The van der Waals surface area contributed by atoms with Crippen LogP contribution in [0.3, 0.4) is 0 Å². The Balaban J connectivity index is 1.51. The molecular weight excluding hydrogens is 372 g/mol. The third-order valence-electron chi connectivity index (χ3n) is 5.13. The Morgan fingerprint density at radius 2 is 1.81 bits per heavy atom. The Kier molecular flexibility index (Phi) is 5.79. The molecule has 1 saturated carbocycles. The number of nitrogens with zero attached hydrogens (tertiary/aromatic N) is 1. The van der Waals surface area contributed by atoms with Gasteiger partial charge in [-0.1, -0.05) is 30.5 Å². The fourth-order valence-corrected chi connectivity index (χ4v) is 3.81. The van der Waals surface area contributed by atoms with Gasteiger partial charge < -0.3 is 10.1 Å². The average molecular weight is 393 g/mol. The van der Waals surface area contributed by atoms with Crippen LogP contribution in [0, 0.1) is 18.8 Å². The van der Waals surface area contributed by atoms with E-state index in [1.54, 1.807) is 25.1 Å². The van der Waals surface area contributed by atoms with Crippen LogP contribution in [-0.2, 0) is 23.9 Å². The fourth-order valence-electron chi connectivity index (χ4n) is 3.64. The molecule has 1 aromatic rings. The van der Waals surface area contributed by atoms with E-state index < -0.39 is 25.0 Å². The predicted octanol–water partition coefficient (Wildman–Crippen LogP) is 2.31. The number of carbonyl (C=O) groups is 4. The first-order valence-corrected chi connectivity index (χ1v) is 9.32. The molecule has 2 unspecified atom stereocenters. The Labute approximate surface area is 162 Å². The highest BCUT2D eigenvalue weighted by atomic mass is 35.5. The summed E-state index contributed by atoms with van der Waals surface area (Å²) >= 11 is 5.99. The summed E-state index contributed by atoms with van der Waals surface area (Å²) in [7, 11) is 0. The second-order valence-corrected chi connectivity index (χ2v) is 7.29. The largest absolute Gasteiger partial charge is 0.454 e. The molecule has 1 aliphatic carbocycles. The van der Waals surface area contributed by atoms with Crippen molar-refractivity contribution < 1.29 is 23.9 Å². The van der Waals surface area contributed by atoms with E-state index in [1.165, 1.54) is 0 Å². The summed E-state index contributed by atoms with van der Waals surface area (Å²) < 4.78 is 4.93. The van der Waals surface area contributed by atoms with Crippen LogP contribution in [0.4, 0.5) is 5.69 Å². The van der Waals surface area contributed by atoms with Gasteiger partial charge in [-0.3, -0.25) is 24.1 Å². The summed E-state index contributed by atoms with van der Waals surface area (Å²) in [6.45, 7) is 0.802. The molecule has 0 aromatic heterocycles. The lowest BCUT2D eigenvalue weighted by Crippen LogP contribution is -2.37. The topological polar surface area (TPSA) is 92.8 Å². The molecule has 144 valence electrons. The molecule has 1 aromatic carbocycles. The number of hydrogen-bond donors (Lipinski definition) is 1. The number of halogens is 1. The number of hydrogen-bond acceptors (Lipinski definition) is 5. The highest BCUT2D eigenvalue weighted by Gasteiger charge is 2.48. The van der Waals surface area contributed by atoms with Crippen molar-refractivity contribution in [1.82, 2.24) is 4.90 Å². The van der Waals surface area contributed by atoms with Gasteiger partial charge in [0.1, 0.15) is 6.54 Å². The molecule has 8 heteroatoms. The molecule has 2 atom stereocenters. The lowest BCUT2D eigenvalue weighted by atomic mass is 9.81. The summed E-state index contributed by atoms with van der Waals surface area (Å²) in [5.41, 5.74) is 1.23. The van der Waals surface area contributed by atoms with Crippen LogP contribution in [-0.4, -0.2) is 41.7 Å². The Morgan fingerprint density at radius 3 is 2.44 bits per heavy atom. The molecule has 7 nitrogen and oxygen atoms in total. The van der Waals surface area contributed by atoms with Gasteiger partial charge >= 0.3 is 5.97 Å². The van der Waals surface area contributed by atoms with Gasteiger partial charge in [0.05, 0.1) is 11.8 Å². The number of esters is 1. The fraction of sp³-hybridized carbons (Fsp3) is 0.474. The smallest absolute Gasteiger partial charge is 0.326 e. The molecule has 2 fully saturated rings. The van der Waals surface area contributed by atoms with Crippen LogP contribution in [0.15, 0.2) is 18.2 Å². The number of fused-ring (bicyclic) bond motifs is 1. The summed E-state index contributed by atoms with van der Waals surface area (Å²) in [5, 5.41) is 3.12. The monoisotopic (exact) mass is 392 g/mol. The summed E-state index contributed by atoms with van der Waals surface area (Å²) in [6.07, 6.45) is 3.20. The van der Waals surface area contributed by atoms with E-state index in [2.05, 4.69) is 5.32 Å². The van der Waals surface area contributed by atoms with Crippen LogP contribution in [0.5, 0.6) is 0 Å². The second kappa shape index (κ2) is 8.08.